The van der Waals surface area contributed by atoms with E-state index in [-0.39, 0.29) is 50.8 Å². The molecule has 2 fully saturated rings. The number of benzene rings is 2. The van der Waals surface area contributed by atoms with Gasteiger partial charge in [0.1, 0.15) is 23.6 Å². The molecule has 3 heterocycles. The summed E-state index contributed by atoms with van der Waals surface area (Å²) in [6, 6.07) is 5.81. The lowest BCUT2D eigenvalue weighted by Gasteiger charge is -2.34. The number of nitrogens with zero attached hydrogens (tertiary/aromatic N) is 3. The van der Waals surface area contributed by atoms with Crippen LogP contribution >= 0.6 is 11.8 Å². The first kappa shape index (κ1) is 35.3. The average molecular weight is 691 g/mol. The van der Waals surface area contributed by atoms with Crippen LogP contribution in [-0.4, -0.2) is 96.1 Å². The first-order chi connectivity index (χ1) is 23.0. The fraction of sp³-hybridized carbons (Fsp3) is 0.485. The molecule has 0 bridgehead atoms. The van der Waals surface area contributed by atoms with Crippen molar-refractivity contribution < 1.29 is 36.6 Å². The molecular weight excluding hydrogens is 652 g/mol. The number of halogens is 4. The Kier molecular flexibility index (Phi) is 11.4. The smallest absolute Gasteiger partial charge is 0.406 e. The summed E-state index contributed by atoms with van der Waals surface area (Å²) in [5.74, 6) is 4.17. The highest BCUT2D eigenvalue weighted by Gasteiger charge is 2.31. The molecule has 3 aromatic rings. The number of ether oxygens (including phenoxy) is 2. The number of nitrogens with one attached hydrogen (secondary N) is 3. The zero-order valence-corrected chi connectivity index (χ0v) is 27.7. The summed E-state index contributed by atoms with van der Waals surface area (Å²) in [4.78, 5) is 32.3. The summed E-state index contributed by atoms with van der Waals surface area (Å²) >= 11 is 1.67. The fourth-order valence-electron chi connectivity index (χ4n) is 5.99. The van der Waals surface area contributed by atoms with Gasteiger partial charge in [-0.25, -0.2) is 9.37 Å². The third kappa shape index (κ3) is 8.72. The zero-order chi connectivity index (χ0) is 34.4. The standard InChI is InChI=1S/C33H38F4N6O4S/c1-20-17-42(22-7-11-47-12-8-22)10-6-29(48-20)41-32(45)24-13-21(14-27-30(24)40-19-43(27)18-33(35,36)37)5-4-9-39-26-16-25(34)23(31(44)38-2)15-28(26)46-3/h13-16,19-20,22,29,39H,6-12,17-18H2,1-3H3,(H,38,44)(H,41,45)/t20-,29+/m0/s1. The van der Waals surface area contributed by atoms with Crippen molar-refractivity contribution in [1.29, 1.82) is 0 Å². The summed E-state index contributed by atoms with van der Waals surface area (Å²) in [7, 11) is 2.76. The van der Waals surface area contributed by atoms with E-state index in [2.05, 4.69) is 44.6 Å². The number of carbonyl (C=O) groups excluding carboxylic acids is 2. The lowest BCUT2D eigenvalue weighted by Crippen LogP contribution is -2.42. The number of alkyl halides is 3. The number of methoxy groups -OCH3 is 1. The number of thioether (sulfide) groups is 1. The van der Waals surface area contributed by atoms with Crippen LogP contribution in [0.3, 0.4) is 0 Å². The van der Waals surface area contributed by atoms with E-state index in [1.165, 1.54) is 32.4 Å². The minimum Gasteiger partial charge on any atom is -0.495 e. The van der Waals surface area contributed by atoms with Crippen molar-refractivity contribution in [3.05, 3.63) is 53.1 Å². The molecule has 10 nitrogen and oxygen atoms in total. The third-order valence-electron chi connectivity index (χ3n) is 8.25. The third-order valence-corrected chi connectivity index (χ3v) is 9.54. The van der Waals surface area contributed by atoms with Crippen molar-refractivity contribution in [3.8, 4) is 17.6 Å². The van der Waals surface area contributed by atoms with E-state index >= 15 is 0 Å². The van der Waals surface area contributed by atoms with Crippen molar-refractivity contribution in [2.45, 2.75) is 55.6 Å². The molecule has 0 aliphatic carbocycles. The van der Waals surface area contributed by atoms with Gasteiger partial charge in [0.25, 0.3) is 11.8 Å². The first-order valence-electron chi connectivity index (χ1n) is 15.6. The SMILES string of the molecule is CNC(=O)c1cc(OC)c(NCC#Cc2cc(C(=O)N[C@H]3CCN(C4CCOCC4)C[C@H](C)S3)c3ncn(CC(F)(F)F)c3c2)cc1F. The van der Waals surface area contributed by atoms with Crippen LogP contribution in [0.1, 0.15) is 52.5 Å². The van der Waals surface area contributed by atoms with Crippen LogP contribution in [0.25, 0.3) is 11.0 Å². The van der Waals surface area contributed by atoms with Crippen LogP contribution in [0.15, 0.2) is 30.6 Å². The molecular formula is C33H38F4N6O4S. The Morgan fingerprint density at radius 3 is 2.60 bits per heavy atom. The van der Waals surface area contributed by atoms with Crippen molar-refractivity contribution in [3.63, 3.8) is 0 Å². The normalized spacial score (nSPS) is 19.2. The largest absolute Gasteiger partial charge is 0.495 e. The van der Waals surface area contributed by atoms with E-state index in [0.29, 0.717) is 18.0 Å². The number of anilines is 1. The van der Waals surface area contributed by atoms with Gasteiger partial charge in [0, 0.05) is 56.3 Å². The van der Waals surface area contributed by atoms with Gasteiger partial charge in [0.2, 0.25) is 0 Å². The van der Waals surface area contributed by atoms with Gasteiger partial charge in [-0.05, 0) is 37.5 Å². The van der Waals surface area contributed by atoms with Crippen LogP contribution < -0.4 is 20.7 Å². The van der Waals surface area contributed by atoms with E-state index < -0.39 is 30.4 Å². The van der Waals surface area contributed by atoms with E-state index in [0.717, 1.165) is 56.1 Å². The Labute approximate surface area is 280 Å². The Balaban J connectivity index is 1.36. The molecule has 15 heteroatoms. The van der Waals surface area contributed by atoms with Crippen molar-refractivity contribution in [2.24, 2.45) is 0 Å². The number of rotatable bonds is 8. The van der Waals surface area contributed by atoms with Crippen molar-refractivity contribution in [1.82, 2.24) is 25.1 Å². The zero-order valence-electron chi connectivity index (χ0n) is 26.9. The second-order valence-corrected chi connectivity index (χ2v) is 13.3. The maximum Gasteiger partial charge on any atom is 0.406 e. The number of fused-ring (bicyclic) bond motifs is 1. The van der Waals surface area contributed by atoms with Gasteiger partial charge in [-0.2, -0.15) is 13.2 Å². The van der Waals surface area contributed by atoms with Crippen molar-refractivity contribution in [2.75, 3.05) is 52.3 Å². The van der Waals surface area contributed by atoms with Gasteiger partial charge in [0.15, 0.2) is 0 Å². The van der Waals surface area contributed by atoms with Crippen LogP contribution in [-0.2, 0) is 11.3 Å². The number of hydrogen-bond donors (Lipinski definition) is 3. The Morgan fingerprint density at radius 2 is 1.90 bits per heavy atom. The maximum absolute atomic E-state index is 14.6. The topological polar surface area (TPSA) is 110 Å². The van der Waals surface area contributed by atoms with Gasteiger partial charge < -0.3 is 30.0 Å². The Morgan fingerprint density at radius 1 is 1.12 bits per heavy atom. The van der Waals surface area contributed by atoms with Crippen LogP contribution in [0.5, 0.6) is 5.75 Å². The molecule has 2 aromatic carbocycles. The molecule has 258 valence electrons. The minimum absolute atomic E-state index is 0.00325. The highest BCUT2D eigenvalue weighted by Crippen LogP contribution is 2.30. The van der Waals surface area contributed by atoms with Crippen molar-refractivity contribution >= 4 is 40.3 Å². The van der Waals surface area contributed by atoms with Gasteiger partial charge in [-0.3, -0.25) is 14.5 Å². The second kappa shape index (κ2) is 15.5. The predicted molar refractivity (Wildman–Crippen MR) is 176 cm³/mol. The first-order valence-corrected chi connectivity index (χ1v) is 16.6. The van der Waals surface area contributed by atoms with E-state index in [1.54, 1.807) is 11.8 Å². The summed E-state index contributed by atoms with van der Waals surface area (Å²) in [6.07, 6.45) is -0.767. The summed E-state index contributed by atoms with van der Waals surface area (Å²) in [6.45, 7) is 4.04. The number of carbonyl (C=O) groups is 2. The lowest BCUT2D eigenvalue weighted by molar-refractivity contribution is -0.140. The Bertz CT molecular complexity index is 1700. The van der Waals surface area contributed by atoms with Gasteiger partial charge in [-0.1, -0.05) is 18.8 Å². The molecule has 0 unspecified atom stereocenters. The molecule has 3 N–H and O–H groups in total. The highest BCUT2D eigenvalue weighted by molar-refractivity contribution is 8.00. The molecule has 48 heavy (non-hydrogen) atoms. The molecule has 0 radical (unpaired) electrons. The Hall–Kier alpha value is -4.00. The van der Waals surface area contributed by atoms with Gasteiger partial charge >= 0.3 is 6.18 Å². The van der Waals surface area contributed by atoms with Crippen LogP contribution in [0.2, 0.25) is 0 Å². The predicted octanol–water partition coefficient (Wildman–Crippen LogP) is 4.63. The molecule has 2 saturated heterocycles. The summed E-state index contributed by atoms with van der Waals surface area (Å²) in [5.41, 5.74) is 0.762. The second-order valence-electron chi connectivity index (χ2n) is 11.7. The molecule has 2 aliphatic heterocycles. The van der Waals surface area contributed by atoms with E-state index in [9.17, 15) is 27.2 Å². The van der Waals surface area contributed by atoms with Crippen LogP contribution in [0, 0.1) is 17.7 Å². The monoisotopic (exact) mass is 690 g/mol. The minimum atomic E-state index is -4.51. The molecule has 2 amide bonds. The van der Waals surface area contributed by atoms with Gasteiger partial charge in [-0.15, -0.1) is 11.8 Å². The number of hydrogen-bond acceptors (Lipinski definition) is 8. The molecule has 0 spiro atoms. The average Bonchev–Trinajstić information content (AvgIpc) is 3.34. The lowest BCUT2D eigenvalue weighted by atomic mass is 10.1. The van der Waals surface area contributed by atoms with Gasteiger partial charge in [0.05, 0.1) is 47.7 Å². The molecule has 5 rings (SSSR count). The van der Waals surface area contributed by atoms with Crippen LogP contribution in [0.4, 0.5) is 23.2 Å². The fourth-order valence-corrected chi connectivity index (χ4v) is 7.25. The van der Waals surface area contributed by atoms with E-state index in [4.69, 9.17) is 9.47 Å². The highest BCUT2D eigenvalue weighted by atomic mass is 32.2. The summed E-state index contributed by atoms with van der Waals surface area (Å²) in [5, 5.41) is 8.44. The molecule has 0 saturated carbocycles. The quantitative estimate of drug-likeness (QED) is 0.232. The molecule has 2 atom stereocenters. The van der Waals surface area contributed by atoms with E-state index in [1.807, 2.05) is 0 Å². The molecule has 2 aliphatic rings. The number of imidazole rings is 1. The number of aromatic nitrogens is 2. The maximum atomic E-state index is 14.6. The number of amides is 2. The summed E-state index contributed by atoms with van der Waals surface area (Å²) < 4.78 is 66.5. The molecule has 1 aromatic heterocycles.